The average molecular weight is 283 g/mol. The first kappa shape index (κ1) is 14.3. The zero-order chi connectivity index (χ0) is 13.9. The number of hydrogen-bond acceptors (Lipinski definition) is 4. The summed E-state index contributed by atoms with van der Waals surface area (Å²) in [4.78, 5) is 0.329. The van der Waals surface area contributed by atoms with Gasteiger partial charge in [0.1, 0.15) is 0 Å². The maximum atomic E-state index is 11.3. The molecule has 1 aromatic rings. The Hall–Kier alpha value is -1.07. The van der Waals surface area contributed by atoms with Crippen LogP contribution in [0.4, 0.5) is 5.69 Å². The molecule has 5 heteroatoms. The van der Waals surface area contributed by atoms with Crippen LogP contribution in [-0.2, 0) is 9.84 Å². The molecular formula is C14H21NO3S. The van der Waals surface area contributed by atoms with Crippen LogP contribution in [0.2, 0.25) is 0 Å². The van der Waals surface area contributed by atoms with Gasteiger partial charge < -0.3 is 10.4 Å². The van der Waals surface area contributed by atoms with Crippen LogP contribution in [0.1, 0.15) is 25.7 Å². The van der Waals surface area contributed by atoms with E-state index in [0.29, 0.717) is 10.8 Å². The van der Waals surface area contributed by atoms with Crippen molar-refractivity contribution in [2.75, 3.05) is 18.1 Å². The van der Waals surface area contributed by atoms with Gasteiger partial charge in [-0.2, -0.15) is 0 Å². The Bertz CT molecular complexity index is 510. The quantitative estimate of drug-likeness (QED) is 0.887. The van der Waals surface area contributed by atoms with Gasteiger partial charge in [-0.3, -0.25) is 0 Å². The second-order valence-corrected chi connectivity index (χ2v) is 7.31. The highest BCUT2D eigenvalue weighted by Crippen LogP contribution is 2.25. The molecule has 19 heavy (non-hydrogen) atoms. The van der Waals surface area contributed by atoms with Crippen LogP contribution in [0.15, 0.2) is 29.2 Å². The molecular weight excluding hydrogens is 262 g/mol. The fraction of sp³-hybridized carbons (Fsp3) is 0.571. The molecule has 0 amide bonds. The zero-order valence-electron chi connectivity index (χ0n) is 11.2. The van der Waals surface area contributed by atoms with Crippen LogP contribution in [0, 0.1) is 5.92 Å². The van der Waals surface area contributed by atoms with E-state index in [1.54, 1.807) is 24.3 Å². The van der Waals surface area contributed by atoms with Crippen molar-refractivity contribution < 1.29 is 13.5 Å². The number of anilines is 1. The molecule has 2 unspecified atom stereocenters. The van der Waals surface area contributed by atoms with Crippen molar-refractivity contribution in [2.45, 2.75) is 36.7 Å². The van der Waals surface area contributed by atoms with E-state index >= 15 is 0 Å². The van der Waals surface area contributed by atoms with Gasteiger partial charge in [-0.1, -0.05) is 12.8 Å². The van der Waals surface area contributed by atoms with Gasteiger partial charge >= 0.3 is 0 Å². The number of hydrogen-bond donors (Lipinski definition) is 2. The summed E-state index contributed by atoms with van der Waals surface area (Å²) in [7, 11) is -3.13. The second kappa shape index (κ2) is 5.92. The van der Waals surface area contributed by atoms with Gasteiger partial charge in [0.05, 0.1) is 11.0 Å². The number of benzene rings is 1. The van der Waals surface area contributed by atoms with Crippen molar-refractivity contribution in [1.29, 1.82) is 0 Å². The second-order valence-electron chi connectivity index (χ2n) is 5.29. The lowest BCUT2D eigenvalue weighted by atomic mass is 9.86. The topological polar surface area (TPSA) is 66.4 Å². The van der Waals surface area contributed by atoms with E-state index in [4.69, 9.17) is 0 Å². The Labute approximate surface area is 114 Å². The van der Waals surface area contributed by atoms with Crippen LogP contribution < -0.4 is 5.32 Å². The van der Waals surface area contributed by atoms with Gasteiger partial charge in [-0.25, -0.2) is 8.42 Å². The molecule has 0 bridgehead atoms. The third kappa shape index (κ3) is 3.94. The highest BCUT2D eigenvalue weighted by molar-refractivity contribution is 7.90. The SMILES string of the molecule is CS(=O)(=O)c1ccc(NCC2CCCCC2O)cc1. The largest absolute Gasteiger partial charge is 0.393 e. The summed E-state index contributed by atoms with van der Waals surface area (Å²) >= 11 is 0. The maximum absolute atomic E-state index is 11.3. The number of aliphatic hydroxyl groups is 1. The summed E-state index contributed by atoms with van der Waals surface area (Å²) < 4.78 is 22.7. The summed E-state index contributed by atoms with van der Waals surface area (Å²) in [6.07, 6.45) is 5.22. The van der Waals surface area contributed by atoms with Crippen molar-refractivity contribution in [2.24, 2.45) is 5.92 Å². The van der Waals surface area contributed by atoms with Crippen LogP contribution in [0.25, 0.3) is 0 Å². The van der Waals surface area contributed by atoms with Crippen LogP contribution in [-0.4, -0.2) is 32.4 Å². The van der Waals surface area contributed by atoms with Crippen LogP contribution in [0.5, 0.6) is 0 Å². The molecule has 1 saturated carbocycles. The molecule has 2 N–H and O–H groups in total. The third-order valence-electron chi connectivity index (χ3n) is 3.72. The molecule has 2 rings (SSSR count). The van der Waals surface area contributed by atoms with Crippen molar-refractivity contribution in [3.8, 4) is 0 Å². The Morgan fingerprint density at radius 2 is 1.84 bits per heavy atom. The van der Waals surface area contributed by atoms with Crippen LogP contribution >= 0.6 is 0 Å². The number of rotatable bonds is 4. The van der Waals surface area contributed by atoms with E-state index in [1.807, 2.05) is 0 Å². The Kier molecular flexibility index (Phi) is 4.47. The van der Waals surface area contributed by atoms with Gasteiger partial charge in [0.15, 0.2) is 9.84 Å². The number of aliphatic hydroxyl groups excluding tert-OH is 1. The molecule has 2 atom stereocenters. The molecule has 0 radical (unpaired) electrons. The summed E-state index contributed by atoms with van der Waals surface area (Å²) in [5.74, 6) is 0.295. The first-order valence-corrected chi connectivity index (χ1v) is 8.58. The van der Waals surface area contributed by atoms with Gasteiger partial charge in [-0.05, 0) is 37.1 Å². The predicted molar refractivity (Wildman–Crippen MR) is 76.0 cm³/mol. The minimum Gasteiger partial charge on any atom is -0.393 e. The molecule has 1 aromatic carbocycles. The summed E-state index contributed by atoms with van der Waals surface area (Å²) in [5.41, 5.74) is 0.894. The van der Waals surface area contributed by atoms with E-state index in [0.717, 1.165) is 31.5 Å². The zero-order valence-corrected chi connectivity index (χ0v) is 12.0. The van der Waals surface area contributed by atoms with Gasteiger partial charge in [0.2, 0.25) is 0 Å². The lowest BCUT2D eigenvalue weighted by molar-refractivity contribution is 0.0763. The summed E-state index contributed by atoms with van der Waals surface area (Å²) in [6.45, 7) is 0.736. The predicted octanol–water partition coefficient (Wildman–Crippen LogP) is 2.05. The van der Waals surface area contributed by atoms with Crippen LogP contribution in [0.3, 0.4) is 0 Å². The molecule has 0 aliphatic heterocycles. The normalized spacial score (nSPS) is 24.1. The molecule has 0 saturated heterocycles. The van der Waals surface area contributed by atoms with E-state index in [1.165, 1.54) is 12.7 Å². The van der Waals surface area contributed by atoms with Crippen molar-refractivity contribution in [3.05, 3.63) is 24.3 Å². The Balaban J connectivity index is 1.93. The average Bonchev–Trinajstić information content (AvgIpc) is 2.37. The van der Waals surface area contributed by atoms with E-state index in [-0.39, 0.29) is 6.10 Å². The minimum atomic E-state index is -3.13. The molecule has 4 nitrogen and oxygen atoms in total. The van der Waals surface area contributed by atoms with E-state index < -0.39 is 9.84 Å². The summed E-state index contributed by atoms with van der Waals surface area (Å²) in [6, 6.07) is 6.75. The molecule has 0 heterocycles. The van der Waals surface area contributed by atoms with Crippen molar-refractivity contribution in [1.82, 2.24) is 0 Å². The monoisotopic (exact) mass is 283 g/mol. The number of nitrogens with one attached hydrogen (secondary N) is 1. The minimum absolute atomic E-state index is 0.212. The highest BCUT2D eigenvalue weighted by atomic mass is 32.2. The highest BCUT2D eigenvalue weighted by Gasteiger charge is 2.22. The van der Waals surface area contributed by atoms with E-state index in [9.17, 15) is 13.5 Å². The fourth-order valence-corrected chi connectivity index (χ4v) is 3.13. The fourth-order valence-electron chi connectivity index (χ4n) is 2.50. The Morgan fingerprint density at radius 1 is 1.21 bits per heavy atom. The third-order valence-corrected chi connectivity index (χ3v) is 4.85. The first-order chi connectivity index (χ1) is 8.97. The van der Waals surface area contributed by atoms with Gasteiger partial charge in [0, 0.05) is 24.4 Å². The maximum Gasteiger partial charge on any atom is 0.175 e. The molecule has 1 aliphatic rings. The van der Waals surface area contributed by atoms with Crippen molar-refractivity contribution >= 4 is 15.5 Å². The summed E-state index contributed by atoms with van der Waals surface area (Å²) in [5, 5.41) is 13.1. The lowest BCUT2D eigenvalue weighted by Gasteiger charge is -2.28. The number of sulfone groups is 1. The molecule has 0 aromatic heterocycles. The first-order valence-electron chi connectivity index (χ1n) is 6.69. The molecule has 1 fully saturated rings. The van der Waals surface area contributed by atoms with Gasteiger partial charge in [-0.15, -0.1) is 0 Å². The smallest absolute Gasteiger partial charge is 0.175 e. The molecule has 106 valence electrons. The van der Waals surface area contributed by atoms with Crippen molar-refractivity contribution in [3.63, 3.8) is 0 Å². The Morgan fingerprint density at radius 3 is 2.42 bits per heavy atom. The molecule has 1 aliphatic carbocycles. The standard InChI is InChI=1S/C14H21NO3S/c1-19(17,18)13-8-6-12(7-9-13)15-10-11-4-2-3-5-14(11)16/h6-9,11,14-16H,2-5,10H2,1H3. The molecule has 0 spiro atoms. The van der Waals surface area contributed by atoms with Gasteiger partial charge in [0.25, 0.3) is 0 Å². The van der Waals surface area contributed by atoms with E-state index in [2.05, 4.69) is 5.32 Å². The lowest BCUT2D eigenvalue weighted by Crippen LogP contribution is -2.30.